The first-order valence-electron chi connectivity index (χ1n) is 8.24. The van der Waals surface area contributed by atoms with E-state index >= 15 is 0 Å². The number of carbonyl (C=O) groups is 1. The lowest BCUT2D eigenvalue weighted by atomic mass is 10.0. The summed E-state index contributed by atoms with van der Waals surface area (Å²) in [6.07, 6.45) is -0.803. The molecule has 2 aromatic carbocycles. The fourth-order valence-corrected chi connectivity index (χ4v) is 2.99. The van der Waals surface area contributed by atoms with Gasteiger partial charge in [0, 0.05) is 12.7 Å². The van der Waals surface area contributed by atoms with Gasteiger partial charge in [-0.05, 0) is 24.6 Å². The number of esters is 1. The van der Waals surface area contributed by atoms with Gasteiger partial charge in [-0.1, -0.05) is 47.6 Å². The number of ether oxygens (including phenoxy) is 2. The van der Waals surface area contributed by atoms with E-state index in [1.54, 1.807) is 0 Å². The van der Waals surface area contributed by atoms with Gasteiger partial charge in [0.25, 0.3) is 0 Å². The van der Waals surface area contributed by atoms with Crippen LogP contribution in [0.25, 0.3) is 22.4 Å². The van der Waals surface area contributed by atoms with Crippen LogP contribution in [0.3, 0.4) is 0 Å². The van der Waals surface area contributed by atoms with Gasteiger partial charge in [0.15, 0.2) is 6.10 Å². The van der Waals surface area contributed by atoms with E-state index in [1.807, 2.05) is 30.3 Å². The summed E-state index contributed by atoms with van der Waals surface area (Å²) in [7, 11) is -2.45. The van der Waals surface area contributed by atoms with Crippen LogP contribution in [0.2, 0.25) is 0 Å². The fourth-order valence-electron chi connectivity index (χ4n) is 2.47. The summed E-state index contributed by atoms with van der Waals surface area (Å²) >= 11 is 0. The number of hydrogen-bond donors (Lipinski definition) is 1. The highest BCUT2D eigenvalue weighted by Gasteiger charge is 2.25. The number of benzene rings is 2. The average Bonchev–Trinajstić information content (AvgIpc) is 3.10. The largest absolute Gasteiger partial charge is 0.389 e. The van der Waals surface area contributed by atoms with Crippen LogP contribution in [0.5, 0.6) is 5.95 Å². The summed E-state index contributed by atoms with van der Waals surface area (Å²) in [6, 6.07) is 14.9. The number of hydrogen-bond acceptors (Lipinski definition) is 7. The van der Waals surface area contributed by atoms with Crippen LogP contribution < -0.4 is 9.88 Å². The van der Waals surface area contributed by atoms with Gasteiger partial charge < -0.3 is 14.0 Å². The van der Waals surface area contributed by atoms with Crippen molar-refractivity contribution >= 4 is 16.0 Å². The molecular formula is C19H18N2O6S. The van der Waals surface area contributed by atoms with Crippen molar-refractivity contribution in [3.63, 3.8) is 0 Å². The minimum Gasteiger partial charge on any atom is -0.389 e. The van der Waals surface area contributed by atoms with Crippen LogP contribution in [0.1, 0.15) is 6.92 Å². The van der Waals surface area contributed by atoms with Crippen molar-refractivity contribution in [1.82, 2.24) is 5.16 Å². The molecule has 8 nitrogen and oxygen atoms in total. The SMILES string of the molecule is COC(C)C(=O)Oc1onc(-c2ccccc2)c1-c1ccc(S(N)(=O)=O)cc1. The van der Waals surface area contributed by atoms with Crippen molar-refractivity contribution in [2.45, 2.75) is 17.9 Å². The Hall–Kier alpha value is -3.01. The van der Waals surface area contributed by atoms with E-state index < -0.39 is 22.1 Å². The van der Waals surface area contributed by atoms with Gasteiger partial charge in [-0.3, -0.25) is 0 Å². The van der Waals surface area contributed by atoms with Gasteiger partial charge in [-0.2, -0.15) is 0 Å². The second-order valence-electron chi connectivity index (χ2n) is 5.93. The second kappa shape index (κ2) is 7.93. The molecule has 1 aromatic heterocycles. The Morgan fingerprint density at radius 1 is 1.07 bits per heavy atom. The molecule has 9 heteroatoms. The maximum Gasteiger partial charge on any atom is 0.342 e. The molecule has 0 aliphatic rings. The van der Waals surface area contributed by atoms with Crippen LogP contribution in [-0.2, 0) is 19.6 Å². The zero-order valence-corrected chi connectivity index (χ0v) is 16.0. The van der Waals surface area contributed by atoms with E-state index in [4.69, 9.17) is 19.1 Å². The topological polar surface area (TPSA) is 122 Å². The quantitative estimate of drug-likeness (QED) is 0.629. The standard InChI is InChI=1S/C19H18N2O6S/c1-12(25-2)18(22)26-19-16(13-8-10-15(11-9-13)28(20,23)24)17(21-27-19)14-6-4-3-5-7-14/h3-12H,1-2H3,(H2,20,23,24). The molecule has 0 radical (unpaired) electrons. The van der Waals surface area contributed by atoms with Gasteiger partial charge in [0.05, 0.1) is 10.5 Å². The van der Waals surface area contributed by atoms with Crippen molar-refractivity contribution in [1.29, 1.82) is 0 Å². The highest BCUT2D eigenvalue weighted by molar-refractivity contribution is 7.89. The normalized spacial score (nSPS) is 12.5. The molecule has 28 heavy (non-hydrogen) atoms. The Morgan fingerprint density at radius 2 is 1.71 bits per heavy atom. The molecule has 2 N–H and O–H groups in total. The van der Waals surface area contributed by atoms with Crippen LogP contribution >= 0.6 is 0 Å². The molecule has 1 heterocycles. The van der Waals surface area contributed by atoms with E-state index in [0.717, 1.165) is 5.56 Å². The third-order valence-electron chi connectivity index (χ3n) is 4.06. The van der Waals surface area contributed by atoms with E-state index in [1.165, 1.54) is 38.3 Å². The van der Waals surface area contributed by atoms with Crippen molar-refractivity contribution in [2.24, 2.45) is 5.14 Å². The lowest BCUT2D eigenvalue weighted by Crippen LogP contribution is -2.24. The molecule has 1 unspecified atom stereocenters. The number of nitrogens with zero attached hydrogens (tertiary/aromatic N) is 1. The minimum absolute atomic E-state index is 0.0412. The fraction of sp³-hybridized carbons (Fsp3) is 0.158. The average molecular weight is 402 g/mol. The second-order valence-corrected chi connectivity index (χ2v) is 7.49. The number of carbonyl (C=O) groups excluding carboxylic acids is 1. The van der Waals surface area contributed by atoms with E-state index in [0.29, 0.717) is 16.8 Å². The number of rotatable bonds is 6. The Bertz CT molecular complexity index is 1080. The zero-order chi connectivity index (χ0) is 20.3. The molecule has 3 rings (SSSR count). The summed E-state index contributed by atoms with van der Waals surface area (Å²) < 4.78 is 38.6. The van der Waals surface area contributed by atoms with Crippen molar-refractivity contribution < 1.29 is 27.2 Å². The summed E-state index contributed by atoms with van der Waals surface area (Å²) in [5.74, 6) is -0.767. The summed E-state index contributed by atoms with van der Waals surface area (Å²) in [5.41, 5.74) is 2.12. The summed E-state index contributed by atoms with van der Waals surface area (Å²) in [6.45, 7) is 1.54. The Balaban J connectivity index is 2.10. The van der Waals surface area contributed by atoms with Gasteiger partial charge in [0.2, 0.25) is 10.0 Å². The van der Waals surface area contributed by atoms with E-state index in [2.05, 4.69) is 5.16 Å². The predicted octanol–water partition coefficient (Wildman–Crippen LogP) is 2.60. The Kier molecular flexibility index (Phi) is 5.59. The Labute approximate surface area is 161 Å². The molecule has 0 fully saturated rings. The maximum atomic E-state index is 12.1. The summed E-state index contributed by atoms with van der Waals surface area (Å²) in [4.78, 5) is 12.1. The first-order chi connectivity index (χ1) is 13.3. The van der Waals surface area contributed by atoms with Crippen LogP contribution in [-0.4, -0.2) is 32.8 Å². The smallest absolute Gasteiger partial charge is 0.342 e. The van der Waals surface area contributed by atoms with Gasteiger partial charge in [0.1, 0.15) is 5.69 Å². The summed E-state index contributed by atoms with van der Waals surface area (Å²) in [5, 5.41) is 9.19. The number of sulfonamides is 1. The van der Waals surface area contributed by atoms with Crippen molar-refractivity contribution in [3.05, 3.63) is 54.6 Å². The highest BCUT2D eigenvalue weighted by atomic mass is 32.2. The third kappa shape index (κ3) is 4.11. The molecule has 0 amide bonds. The number of nitrogens with two attached hydrogens (primary N) is 1. The van der Waals surface area contributed by atoms with Crippen molar-refractivity contribution in [3.8, 4) is 28.3 Å². The minimum atomic E-state index is -3.84. The molecule has 0 saturated carbocycles. The molecule has 1 atom stereocenters. The molecule has 0 aliphatic carbocycles. The molecular weight excluding hydrogens is 384 g/mol. The molecule has 146 valence electrons. The van der Waals surface area contributed by atoms with Gasteiger partial charge in [-0.25, -0.2) is 18.4 Å². The van der Waals surface area contributed by atoms with Crippen LogP contribution in [0, 0.1) is 0 Å². The lowest BCUT2D eigenvalue weighted by molar-refractivity contribution is -0.145. The number of methoxy groups -OCH3 is 1. The molecule has 0 saturated heterocycles. The maximum absolute atomic E-state index is 12.1. The molecule has 0 spiro atoms. The van der Waals surface area contributed by atoms with Gasteiger partial charge in [-0.15, -0.1) is 0 Å². The van der Waals surface area contributed by atoms with Gasteiger partial charge >= 0.3 is 11.9 Å². The molecule has 0 bridgehead atoms. The van der Waals surface area contributed by atoms with Crippen molar-refractivity contribution in [2.75, 3.05) is 7.11 Å². The monoisotopic (exact) mass is 402 g/mol. The number of aromatic nitrogens is 1. The zero-order valence-electron chi connectivity index (χ0n) is 15.2. The van der Waals surface area contributed by atoms with Crippen LogP contribution in [0.4, 0.5) is 0 Å². The molecule has 3 aromatic rings. The number of primary sulfonamides is 1. The predicted molar refractivity (Wildman–Crippen MR) is 101 cm³/mol. The van der Waals surface area contributed by atoms with E-state index in [-0.39, 0.29) is 10.8 Å². The highest BCUT2D eigenvalue weighted by Crippen LogP contribution is 2.39. The lowest BCUT2D eigenvalue weighted by Gasteiger charge is -2.09. The Morgan fingerprint density at radius 3 is 2.29 bits per heavy atom. The first kappa shape index (κ1) is 19.7. The molecule has 0 aliphatic heterocycles. The van der Waals surface area contributed by atoms with E-state index in [9.17, 15) is 13.2 Å². The third-order valence-corrected chi connectivity index (χ3v) is 4.99. The first-order valence-corrected chi connectivity index (χ1v) is 9.78. The van der Waals surface area contributed by atoms with Crippen LogP contribution in [0.15, 0.2) is 64.0 Å².